The van der Waals surface area contributed by atoms with Gasteiger partial charge in [-0.05, 0) is 66.0 Å². The van der Waals surface area contributed by atoms with E-state index in [0.717, 1.165) is 36.4 Å². The molecule has 0 aliphatic carbocycles. The number of rotatable bonds is 9. The fraction of sp³-hybridized carbons (Fsp3) is 0. The number of aromatic hydroxyl groups is 1. The van der Waals surface area contributed by atoms with Crippen LogP contribution in [0.1, 0.15) is 0 Å². The second-order valence-electron chi connectivity index (χ2n) is 9.01. The number of fused-ring (bicyclic) bond motifs is 1. The van der Waals surface area contributed by atoms with Crippen molar-refractivity contribution >= 4 is 84.1 Å². The van der Waals surface area contributed by atoms with Gasteiger partial charge >= 0.3 is 0 Å². The van der Waals surface area contributed by atoms with E-state index in [2.05, 4.69) is 20.5 Å². The predicted molar refractivity (Wildman–Crippen MR) is 156 cm³/mol. The Kier molecular flexibility index (Phi) is 9.11. The van der Waals surface area contributed by atoms with E-state index in [9.17, 15) is 65.4 Å². The monoisotopic (exact) mass is 752 g/mol. The maximum atomic E-state index is 12.2. The van der Waals surface area contributed by atoms with E-state index < -0.39 is 103 Å². The lowest BCUT2D eigenvalue weighted by atomic mass is 10.1. The summed E-state index contributed by atoms with van der Waals surface area (Å²) in [5, 5.41) is 23.5. The number of nitrogens with zero attached hydrogens (tertiary/aromatic N) is 4. The molecule has 250 valence electrons. The number of hydrogen-bond acceptors (Lipinski definition) is 15. The first-order valence-corrected chi connectivity index (χ1v) is 18.9. The van der Waals surface area contributed by atoms with Crippen LogP contribution in [0.2, 0.25) is 0 Å². The highest BCUT2D eigenvalue weighted by Gasteiger charge is 2.29. The summed E-state index contributed by atoms with van der Waals surface area (Å²) in [4.78, 5) is -5.34. The van der Waals surface area contributed by atoms with Gasteiger partial charge < -0.3 is 5.11 Å². The molecular weight excluding hydrogens is 737 g/mol. The fourth-order valence-corrected chi connectivity index (χ4v) is 6.97. The zero-order chi connectivity index (χ0) is 35.3. The maximum Gasteiger partial charge on any atom is 0.296 e. The van der Waals surface area contributed by atoms with Gasteiger partial charge in [0.15, 0.2) is 5.75 Å². The van der Waals surface area contributed by atoms with Crippen LogP contribution in [0.4, 0.5) is 22.7 Å². The van der Waals surface area contributed by atoms with Gasteiger partial charge in [-0.3, -0.25) is 22.8 Å². The molecule has 20 nitrogen and oxygen atoms in total. The molecule has 0 aliphatic rings. The Labute approximate surface area is 264 Å². The molecule has 0 radical (unpaired) electrons. The molecule has 4 aromatic rings. The van der Waals surface area contributed by atoms with E-state index in [1.165, 1.54) is 0 Å². The molecule has 4 rings (SSSR count). The molecule has 0 saturated heterocycles. The van der Waals surface area contributed by atoms with Crippen LogP contribution in [0.25, 0.3) is 10.8 Å². The molecule has 0 bridgehead atoms. The summed E-state index contributed by atoms with van der Waals surface area (Å²) in [6, 6.07) is 7.98. The molecule has 0 fully saturated rings. The van der Waals surface area contributed by atoms with Crippen molar-refractivity contribution in [3.8, 4) is 5.75 Å². The first kappa shape index (κ1) is 35.5. The zero-order valence-corrected chi connectivity index (χ0v) is 26.5. The lowest BCUT2D eigenvalue weighted by Gasteiger charge is -2.12. The van der Waals surface area contributed by atoms with E-state index >= 15 is 0 Å². The average molecular weight is 753 g/mol. The van der Waals surface area contributed by atoms with Crippen molar-refractivity contribution in [3.05, 3.63) is 60.7 Å². The van der Waals surface area contributed by atoms with Gasteiger partial charge in [-0.2, -0.15) is 52.3 Å². The average Bonchev–Trinajstić information content (AvgIpc) is 2.93. The van der Waals surface area contributed by atoms with E-state index in [-0.39, 0.29) is 17.4 Å². The van der Waals surface area contributed by atoms with Crippen LogP contribution >= 0.6 is 0 Å². The number of phenols is 1. The minimum atomic E-state index is -5.42. The third kappa shape index (κ3) is 7.99. The van der Waals surface area contributed by atoms with Crippen molar-refractivity contribution in [1.29, 1.82) is 0 Å². The Morgan fingerprint density at radius 3 is 1.47 bits per heavy atom. The van der Waals surface area contributed by atoms with Crippen LogP contribution in [0.3, 0.4) is 0 Å². The Balaban J connectivity index is 1.90. The third-order valence-corrected chi connectivity index (χ3v) is 10.2. The molecule has 0 aromatic heterocycles. The fourth-order valence-electron chi connectivity index (χ4n) is 3.83. The topological polar surface area (TPSA) is 342 Å². The highest BCUT2D eigenvalue weighted by atomic mass is 32.2. The van der Waals surface area contributed by atoms with E-state index in [4.69, 9.17) is 4.55 Å². The quantitative estimate of drug-likeness (QED) is 0.105. The second kappa shape index (κ2) is 12.0. The standard InChI is InChI=1S/C22H16N4O16S5/c27-22-20-11(7-15(44(31,32)33)10-18(20)46(37,38)39)8-19(47(40,41)42)21(22)26-25-16-6-3-13(9-17(16)45(34,35)36)24-23-12-1-4-14(5-2-12)43(28,29)30/h1-10,27H,(H,28,29,30)(H,31,32,33)(H,34,35,36)(H,37,38,39)(H,40,41,42)/b24-23+,26-25+. The summed E-state index contributed by atoms with van der Waals surface area (Å²) in [6.45, 7) is 0. The van der Waals surface area contributed by atoms with Crippen molar-refractivity contribution in [2.75, 3.05) is 0 Å². The molecule has 47 heavy (non-hydrogen) atoms. The van der Waals surface area contributed by atoms with Gasteiger partial charge in [-0.25, -0.2) is 0 Å². The van der Waals surface area contributed by atoms with E-state index in [1.54, 1.807) is 0 Å². The zero-order valence-electron chi connectivity index (χ0n) is 22.4. The molecular formula is C22H16N4O16S5. The smallest absolute Gasteiger partial charge is 0.296 e. The van der Waals surface area contributed by atoms with Crippen LogP contribution in [0.15, 0.2) is 106 Å². The van der Waals surface area contributed by atoms with Crippen LogP contribution in [-0.2, 0) is 50.6 Å². The summed E-state index contributed by atoms with van der Waals surface area (Å²) in [6.07, 6.45) is 0. The lowest BCUT2D eigenvalue weighted by Crippen LogP contribution is -2.06. The molecule has 25 heteroatoms. The Morgan fingerprint density at radius 2 is 0.957 bits per heavy atom. The van der Waals surface area contributed by atoms with Crippen LogP contribution < -0.4 is 0 Å². The SMILES string of the molecule is O=S(=O)(O)c1ccc(/N=N/c2ccc(/N=N/c3c(S(=O)(=O)O)cc4cc(S(=O)(=O)O)cc(S(=O)(=O)O)c4c3O)c(S(=O)(=O)O)c2)cc1. The van der Waals surface area contributed by atoms with Crippen LogP contribution in [0, 0.1) is 0 Å². The summed E-state index contributed by atoms with van der Waals surface area (Å²) in [5.41, 5.74) is -2.22. The Morgan fingerprint density at radius 1 is 0.447 bits per heavy atom. The molecule has 0 amide bonds. The molecule has 6 N–H and O–H groups in total. The minimum Gasteiger partial charge on any atom is -0.505 e. The molecule has 0 heterocycles. The van der Waals surface area contributed by atoms with Crippen LogP contribution in [0.5, 0.6) is 5.75 Å². The highest BCUT2D eigenvalue weighted by molar-refractivity contribution is 7.87. The molecule has 0 aliphatic heterocycles. The van der Waals surface area contributed by atoms with Gasteiger partial charge in [-0.15, -0.1) is 10.2 Å². The predicted octanol–water partition coefficient (Wildman–Crippen LogP) is 3.61. The van der Waals surface area contributed by atoms with Gasteiger partial charge in [0.05, 0.1) is 21.2 Å². The Bertz CT molecular complexity index is 2590. The number of azo groups is 2. The third-order valence-electron chi connectivity index (χ3n) is 5.84. The number of benzene rings is 4. The summed E-state index contributed by atoms with van der Waals surface area (Å²) in [5.74, 6) is -1.44. The summed E-state index contributed by atoms with van der Waals surface area (Å²) in [7, 11) is -25.7. The summed E-state index contributed by atoms with van der Waals surface area (Å²) < 4.78 is 166. The molecule has 0 unspecified atom stereocenters. The second-order valence-corrected chi connectivity index (χ2v) is 16.0. The number of phenolic OH excluding ortho intramolecular Hbond substituents is 1. The first-order chi connectivity index (χ1) is 21.4. The van der Waals surface area contributed by atoms with Crippen molar-refractivity contribution in [1.82, 2.24) is 0 Å². The lowest BCUT2D eigenvalue weighted by molar-refractivity contribution is 0.469. The molecule has 0 atom stereocenters. The Hall–Kier alpha value is -4.31. The number of hydrogen-bond donors (Lipinski definition) is 6. The normalized spacial score (nSPS) is 13.6. The first-order valence-electron chi connectivity index (χ1n) is 11.7. The van der Waals surface area contributed by atoms with Crippen molar-refractivity contribution in [2.24, 2.45) is 20.5 Å². The van der Waals surface area contributed by atoms with Gasteiger partial charge in [0.2, 0.25) is 0 Å². The molecule has 0 saturated carbocycles. The van der Waals surface area contributed by atoms with Crippen molar-refractivity contribution in [2.45, 2.75) is 24.5 Å². The van der Waals surface area contributed by atoms with Crippen LogP contribution in [-0.4, -0.2) is 70.0 Å². The van der Waals surface area contributed by atoms with Gasteiger partial charge in [0, 0.05) is 5.39 Å². The maximum absolute atomic E-state index is 12.2. The van der Waals surface area contributed by atoms with E-state index in [0.29, 0.717) is 18.2 Å². The van der Waals surface area contributed by atoms with Gasteiger partial charge in [-0.1, -0.05) is 0 Å². The largest absolute Gasteiger partial charge is 0.505 e. The molecule has 4 aromatic carbocycles. The van der Waals surface area contributed by atoms with Gasteiger partial charge in [0.1, 0.15) is 26.1 Å². The van der Waals surface area contributed by atoms with Crippen molar-refractivity contribution < 1.29 is 70.0 Å². The highest BCUT2D eigenvalue weighted by Crippen LogP contribution is 2.45. The van der Waals surface area contributed by atoms with Crippen molar-refractivity contribution in [3.63, 3.8) is 0 Å². The molecule has 0 spiro atoms. The van der Waals surface area contributed by atoms with E-state index in [1.807, 2.05) is 0 Å². The minimum absolute atomic E-state index is 0.0343. The van der Waals surface area contributed by atoms with Gasteiger partial charge in [0.25, 0.3) is 50.6 Å². The summed E-state index contributed by atoms with van der Waals surface area (Å²) >= 11 is 0.